The minimum Gasteiger partial charge on any atom is -0.393 e. The third-order valence-corrected chi connectivity index (χ3v) is 8.82. The summed E-state index contributed by atoms with van der Waals surface area (Å²) in [6.45, 7) is 6.03. The summed E-state index contributed by atoms with van der Waals surface area (Å²) in [5.41, 5.74) is 2.24. The van der Waals surface area contributed by atoms with Crippen molar-refractivity contribution in [2.75, 3.05) is 23.3 Å². The number of aliphatic hydroxyl groups excluding tert-OH is 1. The smallest absolute Gasteiger partial charge is 0.232 e. The highest BCUT2D eigenvalue weighted by Crippen LogP contribution is 2.75. The molecule has 1 aromatic heterocycles. The summed E-state index contributed by atoms with van der Waals surface area (Å²) >= 11 is 1.67. The number of nitrogens with one attached hydrogen (secondary N) is 2. The van der Waals surface area contributed by atoms with Gasteiger partial charge in [0.15, 0.2) is 0 Å². The van der Waals surface area contributed by atoms with Crippen molar-refractivity contribution in [2.45, 2.75) is 62.5 Å². The third-order valence-electron chi connectivity index (χ3n) is 7.75. The number of carbonyl (C=O) groups excluding carboxylic acids is 1. The van der Waals surface area contributed by atoms with Crippen LogP contribution in [-0.2, 0) is 4.79 Å². The minimum atomic E-state index is -0.232. The van der Waals surface area contributed by atoms with E-state index in [-0.39, 0.29) is 28.9 Å². The lowest BCUT2D eigenvalue weighted by atomic mass is 9.96. The van der Waals surface area contributed by atoms with Crippen molar-refractivity contribution in [1.82, 2.24) is 9.71 Å². The van der Waals surface area contributed by atoms with E-state index in [2.05, 4.69) is 47.0 Å². The summed E-state index contributed by atoms with van der Waals surface area (Å²) in [6, 6.07) is 8.38. The number of hydrogen-bond acceptors (Lipinski definition) is 6. The first-order valence-corrected chi connectivity index (χ1v) is 12.3. The van der Waals surface area contributed by atoms with Gasteiger partial charge in [0, 0.05) is 34.6 Å². The highest BCUT2D eigenvalue weighted by Gasteiger charge is 2.74. The first kappa shape index (κ1) is 19.8. The Morgan fingerprint density at radius 1 is 1.29 bits per heavy atom. The molecule has 0 spiro atoms. The number of pyridine rings is 1. The fourth-order valence-electron chi connectivity index (χ4n) is 4.72. The van der Waals surface area contributed by atoms with Gasteiger partial charge in [0.2, 0.25) is 5.91 Å². The Labute approximate surface area is 187 Å². The number of rotatable bonds is 6. The molecule has 4 aliphatic rings. The van der Waals surface area contributed by atoms with Crippen molar-refractivity contribution in [3.05, 3.63) is 24.3 Å². The zero-order chi connectivity index (χ0) is 21.4. The molecular weight excluding hydrogens is 408 g/mol. The highest BCUT2D eigenvalue weighted by atomic mass is 32.2. The summed E-state index contributed by atoms with van der Waals surface area (Å²) < 4.78 is 3.60. The predicted octanol–water partition coefficient (Wildman–Crippen LogP) is 3.94. The van der Waals surface area contributed by atoms with E-state index in [4.69, 9.17) is 4.98 Å². The molecular formula is C24H30N4O2S. The molecule has 3 N–H and O–H groups in total. The van der Waals surface area contributed by atoms with Crippen LogP contribution in [0.4, 0.5) is 11.5 Å². The molecule has 0 bridgehead atoms. The van der Waals surface area contributed by atoms with Crippen molar-refractivity contribution in [1.29, 1.82) is 0 Å². The summed E-state index contributed by atoms with van der Waals surface area (Å²) in [6.07, 6.45) is 5.05. The molecule has 2 atom stereocenters. The first-order valence-electron chi connectivity index (χ1n) is 11.5. The van der Waals surface area contributed by atoms with Crippen LogP contribution in [-0.4, -0.2) is 40.7 Å². The maximum atomic E-state index is 12.5. The summed E-state index contributed by atoms with van der Waals surface area (Å²) in [4.78, 5) is 20.9. The van der Waals surface area contributed by atoms with Gasteiger partial charge < -0.3 is 15.3 Å². The first-order chi connectivity index (χ1) is 14.9. The number of nitrogens with zero attached hydrogens (tertiary/aromatic N) is 2. The number of benzene rings is 1. The van der Waals surface area contributed by atoms with Crippen LogP contribution in [0.15, 0.2) is 29.2 Å². The van der Waals surface area contributed by atoms with Crippen LogP contribution in [0.3, 0.4) is 0 Å². The Kier molecular flexibility index (Phi) is 4.37. The summed E-state index contributed by atoms with van der Waals surface area (Å²) in [7, 11) is 0. The number of anilines is 2. The fourth-order valence-corrected chi connectivity index (χ4v) is 5.63. The van der Waals surface area contributed by atoms with Gasteiger partial charge in [-0.2, -0.15) is 0 Å². The van der Waals surface area contributed by atoms with E-state index in [9.17, 15) is 9.90 Å². The SMILES string of the molecule is C[C@H]1CN(c2cc(SNC3(C)CC3)cc3nc(NC(=O)C45CC4C5)ccc23)CCC1O. The quantitative estimate of drug-likeness (QED) is 0.593. The van der Waals surface area contributed by atoms with E-state index in [0.717, 1.165) is 53.8 Å². The molecule has 31 heavy (non-hydrogen) atoms. The standard InChI is InChI=1S/C24H30N4O2S/c1-14-13-28(8-5-20(14)29)19-10-16(31-27-23(2)6-7-23)9-18-17(19)3-4-21(25-18)26-22(30)24-11-15(24)12-24/h3-4,9-10,14-15,20,27,29H,5-8,11-13H2,1-2H3,(H,25,26,30)/t14-,15?,20?,24?/m0/s1. The maximum Gasteiger partial charge on any atom is 0.232 e. The molecule has 1 aliphatic heterocycles. The molecule has 7 heteroatoms. The summed E-state index contributed by atoms with van der Waals surface area (Å²) in [5, 5.41) is 14.3. The number of amides is 1. The third kappa shape index (κ3) is 3.60. The Bertz CT molecular complexity index is 1060. The van der Waals surface area contributed by atoms with Gasteiger partial charge in [0.05, 0.1) is 17.0 Å². The van der Waals surface area contributed by atoms with E-state index in [1.54, 1.807) is 11.9 Å². The molecule has 1 amide bonds. The van der Waals surface area contributed by atoms with Gasteiger partial charge in [-0.15, -0.1) is 0 Å². The Morgan fingerprint density at radius 2 is 2.06 bits per heavy atom. The zero-order valence-corrected chi connectivity index (χ0v) is 19.0. The molecule has 2 heterocycles. The largest absolute Gasteiger partial charge is 0.393 e. The molecule has 3 saturated carbocycles. The van der Waals surface area contributed by atoms with E-state index < -0.39 is 0 Å². The van der Waals surface area contributed by atoms with Crippen LogP contribution < -0.4 is 14.9 Å². The Balaban J connectivity index is 1.32. The number of hydrogen-bond donors (Lipinski definition) is 3. The maximum absolute atomic E-state index is 12.5. The Morgan fingerprint density at radius 3 is 2.74 bits per heavy atom. The second-order valence-corrected chi connectivity index (χ2v) is 11.3. The van der Waals surface area contributed by atoms with Crippen LogP contribution in [0.2, 0.25) is 0 Å². The normalized spacial score (nSPS) is 32.5. The van der Waals surface area contributed by atoms with E-state index in [1.807, 2.05) is 6.07 Å². The molecule has 2 aromatic rings. The molecule has 4 fully saturated rings. The lowest BCUT2D eigenvalue weighted by Gasteiger charge is -2.36. The van der Waals surface area contributed by atoms with Gasteiger partial charge in [-0.3, -0.25) is 9.52 Å². The van der Waals surface area contributed by atoms with Gasteiger partial charge in [-0.1, -0.05) is 6.92 Å². The predicted molar refractivity (Wildman–Crippen MR) is 124 cm³/mol. The van der Waals surface area contributed by atoms with Crippen molar-refractivity contribution in [3.8, 4) is 0 Å². The molecule has 0 radical (unpaired) electrons. The molecule has 164 valence electrons. The molecule has 6 rings (SSSR count). The Hall–Kier alpha value is -1.83. The molecule has 1 aromatic carbocycles. The summed E-state index contributed by atoms with van der Waals surface area (Å²) in [5.74, 6) is 1.63. The van der Waals surface area contributed by atoms with Gasteiger partial charge >= 0.3 is 0 Å². The van der Waals surface area contributed by atoms with E-state index in [1.165, 1.54) is 12.8 Å². The lowest BCUT2D eigenvalue weighted by molar-refractivity contribution is -0.119. The number of aromatic nitrogens is 1. The molecule has 1 unspecified atom stereocenters. The second-order valence-electron chi connectivity index (χ2n) is 10.5. The number of carbonyl (C=O) groups is 1. The van der Waals surface area contributed by atoms with E-state index >= 15 is 0 Å². The van der Waals surface area contributed by atoms with Gasteiger partial charge in [0.1, 0.15) is 5.82 Å². The highest BCUT2D eigenvalue weighted by molar-refractivity contribution is 7.97. The van der Waals surface area contributed by atoms with Gasteiger partial charge in [0.25, 0.3) is 0 Å². The van der Waals surface area contributed by atoms with Crippen LogP contribution >= 0.6 is 11.9 Å². The van der Waals surface area contributed by atoms with Gasteiger partial charge in [-0.05, 0) is 87.1 Å². The second kappa shape index (κ2) is 6.83. The number of piperidine rings is 1. The average molecular weight is 439 g/mol. The van der Waals surface area contributed by atoms with Crippen molar-refractivity contribution in [2.24, 2.45) is 17.3 Å². The fraction of sp³-hybridized carbons (Fsp3) is 0.583. The topological polar surface area (TPSA) is 77.5 Å². The lowest BCUT2D eigenvalue weighted by Crippen LogP contribution is -2.42. The molecule has 3 aliphatic carbocycles. The minimum absolute atomic E-state index is 0.0616. The van der Waals surface area contributed by atoms with Crippen molar-refractivity contribution in [3.63, 3.8) is 0 Å². The monoisotopic (exact) mass is 438 g/mol. The van der Waals surface area contributed by atoms with Crippen LogP contribution in [0.25, 0.3) is 10.9 Å². The number of fused-ring (bicyclic) bond motifs is 2. The van der Waals surface area contributed by atoms with E-state index in [0.29, 0.717) is 11.7 Å². The number of aliphatic hydroxyl groups is 1. The van der Waals surface area contributed by atoms with Crippen molar-refractivity contribution < 1.29 is 9.90 Å². The van der Waals surface area contributed by atoms with Crippen LogP contribution in [0.5, 0.6) is 0 Å². The van der Waals surface area contributed by atoms with Gasteiger partial charge in [-0.25, -0.2) is 4.98 Å². The molecule has 1 saturated heterocycles. The average Bonchev–Trinajstić information content (AvgIpc) is 3.64. The van der Waals surface area contributed by atoms with Crippen LogP contribution in [0, 0.1) is 17.3 Å². The van der Waals surface area contributed by atoms with Crippen LogP contribution in [0.1, 0.15) is 46.0 Å². The van der Waals surface area contributed by atoms with Crippen molar-refractivity contribution >= 4 is 40.3 Å². The molecule has 6 nitrogen and oxygen atoms in total. The zero-order valence-electron chi connectivity index (χ0n) is 18.1.